The van der Waals surface area contributed by atoms with E-state index < -0.39 is 23.3 Å². The number of hydrogen-bond acceptors (Lipinski definition) is 4. The van der Waals surface area contributed by atoms with E-state index in [2.05, 4.69) is 22.1 Å². The zero-order valence-electron chi connectivity index (χ0n) is 17.9. The Morgan fingerprint density at radius 3 is 2.25 bits per heavy atom. The molecule has 3 aromatic rings. The molecule has 1 atom stereocenters. The summed E-state index contributed by atoms with van der Waals surface area (Å²) in [6.45, 7) is 5.03. The van der Waals surface area contributed by atoms with Gasteiger partial charge < -0.3 is 9.84 Å². The van der Waals surface area contributed by atoms with Gasteiger partial charge in [-0.1, -0.05) is 31.2 Å². The van der Waals surface area contributed by atoms with Crippen molar-refractivity contribution < 1.29 is 27.8 Å². The van der Waals surface area contributed by atoms with Crippen LogP contribution in [0.25, 0.3) is 11.4 Å². The lowest BCUT2D eigenvalue weighted by Crippen LogP contribution is -2.37. The van der Waals surface area contributed by atoms with E-state index in [0.29, 0.717) is 29.4 Å². The van der Waals surface area contributed by atoms with Gasteiger partial charge in [-0.2, -0.15) is 18.3 Å². The molecule has 32 heavy (non-hydrogen) atoms. The fourth-order valence-electron chi connectivity index (χ4n) is 3.16. The van der Waals surface area contributed by atoms with Crippen molar-refractivity contribution in [3.63, 3.8) is 0 Å². The number of carbonyl (C=O) groups is 1. The predicted octanol–water partition coefficient (Wildman–Crippen LogP) is 5.15. The first kappa shape index (κ1) is 23.3. The molecule has 0 aliphatic rings. The molecule has 0 fully saturated rings. The monoisotopic (exact) mass is 447 g/mol. The lowest BCUT2D eigenvalue weighted by molar-refractivity contribution is -0.152. The van der Waals surface area contributed by atoms with Crippen molar-refractivity contribution in [2.45, 2.75) is 45.4 Å². The second-order valence-corrected chi connectivity index (χ2v) is 8.26. The van der Waals surface area contributed by atoms with Gasteiger partial charge in [0.05, 0.1) is 5.56 Å². The molecule has 1 aromatic heterocycles. The van der Waals surface area contributed by atoms with Crippen molar-refractivity contribution in [1.29, 1.82) is 0 Å². The van der Waals surface area contributed by atoms with Gasteiger partial charge in [0.25, 0.3) is 0 Å². The van der Waals surface area contributed by atoms with Crippen LogP contribution in [0.4, 0.5) is 13.2 Å². The Morgan fingerprint density at radius 1 is 1.06 bits per heavy atom. The molecule has 0 spiro atoms. The standard InChI is InChI=1S/C23H24F3N3O3/c1-14(12-15-4-10-18(11-5-15)32-22(2,3)21(30)31)13-19-27-20(29-28-19)16-6-8-17(9-7-16)23(24,25)26/h4-11,14H,12-13H2,1-3H3,(H,30,31)(H,27,28,29). The van der Waals surface area contributed by atoms with Crippen molar-refractivity contribution in [3.05, 3.63) is 65.5 Å². The molecule has 0 amide bonds. The maximum absolute atomic E-state index is 12.7. The molecule has 9 heteroatoms. The maximum atomic E-state index is 12.7. The summed E-state index contributed by atoms with van der Waals surface area (Å²) in [5.41, 5.74) is -0.464. The Hall–Kier alpha value is -3.36. The van der Waals surface area contributed by atoms with Gasteiger partial charge in [0.1, 0.15) is 11.6 Å². The fraction of sp³-hybridized carbons (Fsp3) is 0.348. The highest BCUT2D eigenvalue weighted by Gasteiger charge is 2.30. The molecule has 2 aromatic carbocycles. The van der Waals surface area contributed by atoms with Gasteiger partial charge >= 0.3 is 12.1 Å². The van der Waals surface area contributed by atoms with Crippen molar-refractivity contribution >= 4 is 5.97 Å². The van der Waals surface area contributed by atoms with E-state index in [1.54, 1.807) is 12.1 Å². The number of H-pyrrole nitrogens is 1. The minimum atomic E-state index is -4.38. The summed E-state index contributed by atoms with van der Waals surface area (Å²) in [7, 11) is 0. The largest absolute Gasteiger partial charge is 0.478 e. The third-order valence-corrected chi connectivity index (χ3v) is 4.94. The smallest absolute Gasteiger partial charge is 0.416 e. The normalized spacial score (nSPS) is 13.1. The molecule has 0 saturated carbocycles. The summed E-state index contributed by atoms with van der Waals surface area (Å²) in [5, 5.41) is 16.1. The van der Waals surface area contributed by atoms with E-state index in [-0.39, 0.29) is 5.92 Å². The second kappa shape index (κ2) is 9.02. The van der Waals surface area contributed by atoms with Crippen LogP contribution >= 0.6 is 0 Å². The highest BCUT2D eigenvalue weighted by Crippen LogP contribution is 2.30. The van der Waals surface area contributed by atoms with Crippen LogP contribution in [-0.4, -0.2) is 31.9 Å². The van der Waals surface area contributed by atoms with Crippen LogP contribution in [0, 0.1) is 5.92 Å². The molecule has 0 radical (unpaired) electrons. The molecule has 0 bridgehead atoms. The van der Waals surface area contributed by atoms with E-state index in [1.807, 2.05) is 12.1 Å². The van der Waals surface area contributed by atoms with Gasteiger partial charge in [0, 0.05) is 12.0 Å². The topological polar surface area (TPSA) is 88.1 Å². The summed E-state index contributed by atoms with van der Waals surface area (Å²) in [6, 6.07) is 12.0. The number of carboxylic acids is 1. The molecule has 1 heterocycles. The Balaban J connectivity index is 1.58. The second-order valence-electron chi connectivity index (χ2n) is 8.26. The van der Waals surface area contributed by atoms with E-state index in [9.17, 15) is 18.0 Å². The zero-order chi connectivity index (χ0) is 23.5. The minimum Gasteiger partial charge on any atom is -0.478 e. The van der Waals surface area contributed by atoms with Crippen LogP contribution in [0.1, 0.15) is 37.7 Å². The molecule has 0 aliphatic heterocycles. The van der Waals surface area contributed by atoms with Crippen LogP contribution in [0.15, 0.2) is 48.5 Å². The van der Waals surface area contributed by atoms with Gasteiger partial charge in [-0.25, -0.2) is 9.78 Å². The highest BCUT2D eigenvalue weighted by atomic mass is 19.4. The summed E-state index contributed by atoms with van der Waals surface area (Å²) in [5.74, 6) is 0.646. The Morgan fingerprint density at radius 2 is 1.69 bits per heavy atom. The van der Waals surface area contributed by atoms with Crippen molar-refractivity contribution in [1.82, 2.24) is 15.2 Å². The average molecular weight is 447 g/mol. The number of carboxylic acid groups (broad SMARTS) is 1. The Kier molecular flexibility index (Phi) is 6.57. The zero-order valence-corrected chi connectivity index (χ0v) is 17.9. The van der Waals surface area contributed by atoms with Crippen LogP contribution in [-0.2, 0) is 23.8 Å². The number of nitrogens with zero attached hydrogens (tertiary/aromatic N) is 2. The summed E-state index contributed by atoms with van der Waals surface area (Å²) >= 11 is 0. The molecule has 2 N–H and O–H groups in total. The maximum Gasteiger partial charge on any atom is 0.416 e. The van der Waals surface area contributed by atoms with Crippen molar-refractivity contribution in [2.75, 3.05) is 0 Å². The molecule has 0 saturated heterocycles. The SMILES string of the molecule is CC(Cc1ccc(OC(C)(C)C(=O)O)cc1)Cc1nc(-c2ccc(C(F)(F)F)cc2)n[nH]1. The number of aromatic amines is 1. The first-order valence-electron chi connectivity index (χ1n) is 10.0. The number of aromatic nitrogens is 3. The number of rotatable bonds is 8. The number of ether oxygens (including phenoxy) is 1. The molecule has 0 aliphatic carbocycles. The first-order valence-corrected chi connectivity index (χ1v) is 10.0. The van der Waals surface area contributed by atoms with E-state index >= 15 is 0 Å². The number of halogens is 3. The molecule has 6 nitrogen and oxygen atoms in total. The number of benzene rings is 2. The summed E-state index contributed by atoms with van der Waals surface area (Å²) < 4.78 is 43.6. The van der Waals surface area contributed by atoms with E-state index in [4.69, 9.17) is 9.84 Å². The van der Waals surface area contributed by atoms with Crippen LogP contribution in [0.3, 0.4) is 0 Å². The van der Waals surface area contributed by atoms with Crippen molar-refractivity contribution in [3.8, 4) is 17.1 Å². The lowest BCUT2D eigenvalue weighted by Gasteiger charge is -2.21. The molecular weight excluding hydrogens is 423 g/mol. The van der Waals surface area contributed by atoms with Gasteiger partial charge in [0.2, 0.25) is 0 Å². The first-order chi connectivity index (χ1) is 14.9. The number of hydrogen-bond donors (Lipinski definition) is 2. The van der Waals surface area contributed by atoms with Gasteiger partial charge in [0.15, 0.2) is 11.4 Å². The van der Waals surface area contributed by atoms with E-state index in [1.165, 1.54) is 26.0 Å². The van der Waals surface area contributed by atoms with Crippen LogP contribution in [0.2, 0.25) is 0 Å². The van der Waals surface area contributed by atoms with Crippen LogP contribution in [0.5, 0.6) is 5.75 Å². The number of nitrogens with one attached hydrogen (secondary N) is 1. The third-order valence-electron chi connectivity index (χ3n) is 4.94. The van der Waals surface area contributed by atoms with Gasteiger partial charge in [-0.15, -0.1) is 0 Å². The Labute approximate surface area is 183 Å². The van der Waals surface area contributed by atoms with Gasteiger partial charge in [-0.05, 0) is 56.0 Å². The molecule has 170 valence electrons. The summed E-state index contributed by atoms with van der Waals surface area (Å²) in [4.78, 5) is 15.6. The average Bonchev–Trinajstić information content (AvgIpc) is 3.17. The highest BCUT2D eigenvalue weighted by molar-refractivity contribution is 5.76. The van der Waals surface area contributed by atoms with Crippen LogP contribution < -0.4 is 4.74 Å². The van der Waals surface area contributed by atoms with E-state index in [0.717, 1.165) is 24.1 Å². The molecule has 3 rings (SSSR count). The lowest BCUT2D eigenvalue weighted by atomic mass is 9.98. The minimum absolute atomic E-state index is 0.214. The molecule has 1 unspecified atom stereocenters. The quantitative estimate of drug-likeness (QED) is 0.498. The summed E-state index contributed by atoms with van der Waals surface area (Å²) in [6.07, 6.45) is -3.02. The molecular formula is C23H24F3N3O3. The number of aliphatic carboxylic acids is 1. The van der Waals surface area contributed by atoms with Gasteiger partial charge in [-0.3, -0.25) is 5.10 Å². The predicted molar refractivity (Wildman–Crippen MR) is 112 cm³/mol. The third kappa shape index (κ3) is 5.87. The Bertz CT molecular complexity index is 1060. The number of alkyl halides is 3. The fourth-order valence-corrected chi connectivity index (χ4v) is 3.16. The van der Waals surface area contributed by atoms with Crippen molar-refractivity contribution in [2.24, 2.45) is 5.92 Å².